The lowest BCUT2D eigenvalue weighted by molar-refractivity contribution is 0.600. The number of sulfonamides is 1. The number of benzene rings is 2. The molecule has 0 bridgehead atoms. The molecule has 2 aromatic heterocycles. The molecule has 4 rings (SSSR count). The monoisotopic (exact) mass is 421 g/mol. The minimum atomic E-state index is -3.67. The maximum absolute atomic E-state index is 12.8. The summed E-state index contributed by atoms with van der Waals surface area (Å²) in [5, 5.41) is 2.83. The average molecular weight is 422 g/mol. The molecule has 5 nitrogen and oxygen atoms in total. The Labute approximate surface area is 174 Å². The van der Waals surface area contributed by atoms with Crippen LogP contribution in [0.3, 0.4) is 0 Å². The van der Waals surface area contributed by atoms with Crippen LogP contribution in [0.25, 0.3) is 21.8 Å². The van der Waals surface area contributed by atoms with Gasteiger partial charge >= 0.3 is 0 Å². The van der Waals surface area contributed by atoms with E-state index in [1.807, 2.05) is 42.6 Å². The summed E-state index contributed by atoms with van der Waals surface area (Å²) in [5.41, 5.74) is 4.83. The van der Waals surface area contributed by atoms with Crippen molar-refractivity contribution in [2.24, 2.45) is 0 Å². The Morgan fingerprint density at radius 2 is 1.79 bits per heavy atom. The van der Waals surface area contributed by atoms with Crippen LogP contribution < -0.4 is 4.72 Å². The lowest BCUT2D eigenvalue weighted by Gasteiger charge is -2.11. The van der Waals surface area contributed by atoms with Gasteiger partial charge in [-0.25, -0.2) is 13.4 Å². The summed E-state index contributed by atoms with van der Waals surface area (Å²) in [6.07, 6.45) is 3.50. The molecule has 0 spiro atoms. The summed E-state index contributed by atoms with van der Waals surface area (Å²) >= 11 is 1.53. The molecule has 7 heteroatoms. The molecule has 0 saturated heterocycles. The van der Waals surface area contributed by atoms with Gasteiger partial charge in [0.1, 0.15) is 5.01 Å². The van der Waals surface area contributed by atoms with Gasteiger partial charge < -0.3 is 0 Å². The zero-order valence-electron chi connectivity index (χ0n) is 16.0. The van der Waals surface area contributed by atoms with Crippen molar-refractivity contribution in [1.29, 1.82) is 0 Å². The van der Waals surface area contributed by atoms with Crippen molar-refractivity contribution in [2.45, 2.75) is 18.7 Å². The van der Waals surface area contributed by atoms with Gasteiger partial charge in [0.15, 0.2) is 0 Å². The Morgan fingerprint density at radius 3 is 2.55 bits per heavy atom. The summed E-state index contributed by atoms with van der Waals surface area (Å²) in [6, 6.07) is 16.4. The fourth-order valence-electron chi connectivity index (χ4n) is 3.08. The van der Waals surface area contributed by atoms with Crippen LogP contribution in [0.2, 0.25) is 0 Å². The zero-order chi connectivity index (χ0) is 20.4. The molecule has 4 aromatic rings. The number of nitrogens with zero attached hydrogens (tertiary/aromatic N) is 2. The third kappa shape index (κ3) is 4.21. The van der Waals surface area contributed by atoms with E-state index in [-0.39, 0.29) is 4.90 Å². The molecule has 0 amide bonds. The minimum Gasteiger partial charge on any atom is -0.280 e. The van der Waals surface area contributed by atoms with Crippen LogP contribution in [0.15, 0.2) is 77.3 Å². The molecular formula is C22H19N3O2S2. The maximum Gasteiger partial charge on any atom is 0.262 e. The Balaban J connectivity index is 1.62. The van der Waals surface area contributed by atoms with Gasteiger partial charge in [-0.05, 0) is 49.7 Å². The van der Waals surface area contributed by atoms with Crippen molar-refractivity contribution in [3.63, 3.8) is 0 Å². The summed E-state index contributed by atoms with van der Waals surface area (Å²) in [7, 11) is -3.67. The molecule has 0 radical (unpaired) electrons. The van der Waals surface area contributed by atoms with Gasteiger partial charge in [-0.3, -0.25) is 9.71 Å². The van der Waals surface area contributed by atoms with E-state index in [0.717, 1.165) is 27.4 Å². The number of aryl methyl sites for hydroxylation is 2. The highest BCUT2D eigenvalue weighted by Gasteiger charge is 2.17. The molecule has 29 heavy (non-hydrogen) atoms. The molecule has 0 saturated carbocycles. The quantitative estimate of drug-likeness (QED) is 0.475. The highest BCUT2D eigenvalue weighted by molar-refractivity contribution is 7.92. The van der Waals surface area contributed by atoms with Gasteiger partial charge in [-0.1, -0.05) is 29.8 Å². The second-order valence-electron chi connectivity index (χ2n) is 6.73. The van der Waals surface area contributed by atoms with Crippen molar-refractivity contribution in [1.82, 2.24) is 9.97 Å². The molecule has 0 atom stereocenters. The molecule has 2 aromatic carbocycles. The molecule has 2 heterocycles. The molecule has 0 aliphatic carbocycles. The van der Waals surface area contributed by atoms with Crippen LogP contribution in [0.4, 0.5) is 5.69 Å². The van der Waals surface area contributed by atoms with E-state index in [0.29, 0.717) is 11.3 Å². The summed E-state index contributed by atoms with van der Waals surface area (Å²) < 4.78 is 28.4. The predicted molar refractivity (Wildman–Crippen MR) is 118 cm³/mol. The van der Waals surface area contributed by atoms with Gasteiger partial charge in [0.2, 0.25) is 0 Å². The van der Waals surface area contributed by atoms with Gasteiger partial charge in [0.25, 0.3) is 10.0 Å². The Bertz CT molecular complexity index is 1270. The first kappa shape index (κ1) is 19.3. The highest BCUT2D eigenvalue weighted by atomic mass is 32.2. The van der Waals surface area contributed by atoms with Crippen LogP contribution in [-0.2, 0) is 10.0 Å². The SMILES string of the molecule is Cc1ccc(S(=O)(=O)Nc2cccc(-c3csc(-c4cccnc4)n3)c2)c(C)c1. The molecular weight excluding hydrogens is 402 g/mol. The van der Waals surface area contributed by atoms with Crippen molar-refractivity contribution < 1.29 is 8.42 Å². The zero-order valence-corrected chi connectivity index (χ0v) is 17.6. The third-order valence-corrected chi connectivity index (χ3v) is 6.88. The van der Waals surface area contributed by atoms with Crippen molar-refractivity contribution in [2.75, 3.05) is 4.72 Å². The number of pyridine rings is 1. The van der Waals surface area contributed by atoms with Crippen molar-refractivity contribution >= 4 is 27.0 Å². The predicted octanol–water partition coefficient (Wildman–Crippen LogP) is 5.29. The summed E-state index contributed by atoms with van der Waals surface area (Å²) in [4.78, 5) is 9.08. The van der Waals surface area contributed by atoms with E-state index in [1.165, 1.54) is 11.3 Å². The van der Waals surface area contributed by atoms with E-state index < -0.39 is 10.0 Å². The Hall–Kier alpha value is -3.03. The van der Waals surface area contributed by atoms with Crippen molar-refractivity contribution in [3.05, 3.63) is 83.5 Å². The molecule has 1 N–H and O–H groups in total. The van der Waals surface area contributed by atoms with Crippen LogP contribution in [0.5, 0.6) is 0 Å². The van der Waals surface area contributed by atoms with E-state index in [1.54, 1.807) is 43.6 Å². The summed E-state index contributed by atoms with van der Waals surface area (Å²) in [6.45, 7) is 3.74. The average Bonchev–Trinajstić information content (AvgIpc) is 3.18. The van der Waals surface area contributed by atoms with Crippen LogP contribution in [-0.4, -0.2) is 18.4 Å². The van der Waals surface area contributed by atoms with Gasteiger partial charge in [-0.15, -0.1) is 11.3 Å². The fraction of sp³-hybridized carbons (Fsp3) is 0.0909. The van der Waals surface area contributed by atoms with Crippen molar-refractivity contribution in [3.8, 4) is 21.8 Å². The molecule has 0 aliphatic heterocycles. The lowest BCUT2D eigenvalue weighted by atomic mass is 10.1. The van der Waals surface area contributed by atoms with Crippen LogP contribution in [0.1, 0.15) is 11.1 Å². The van der Waals surface area contributed by atoms with E-state index in [9.17, 15) is 8.42 Å². The van der Waals surface area contributed by atoms with Gasteiger partial charge in [0.05, 0.1) is 10.6 Å². The number of aromatic nitrogens is 2. The molecule has 0 fully saturated rings. The highest BCUT2D eigenvalue weighted by Crippen LogP contribution is 2.30. The first-order valence-corrected chi connectivity index (χ1v) is 11.3. The number of nitrogens with one attached hydrogen (secondary N) is 1. The van der Waals surface area contributed by atoms with Gasteiger partial charge in [-0.2, -0.15) is 0 Å². The number of hydrogen-bond donors (Lipinski definition) is 1. The number of thiazole rings is 1. The fourth-order valence-corrected chi connectivity index (χ4v) is 5.18. The number of anilines is 1. The first-order valence-electron chi connectivity index (χ1n) is 8.99. The normalized spacial score (nSPS) is 11.4. The van der Waals surface area contributed by atoms with Crippen LogP contribution >= 0.6 is 11.3 Å². The van der Waals surface area contributed by atoms with Gasteiger partial charge in [0, 0.05) is 34.6 Å². The van der Waals surface area contributed by atoms with E-state index >= 15 is 0 Å². The molecule has 0 aliphatic rings. The molecule has 0 unspecified atom stereocenters. The third-order valence-electron chi connectivity index (χ3n) is 4.44. The summed E-state index contributed by atoms with van der Waals surface area (Å²) in [5.74, 6) is 0. The minimum absolute atomic E-state index is 0.279. The largest absolute Gasteiger partial charge is 0.280 e. The second-order valence-corrected chi connectivity index (χ2v) is 9.24. The number of rotatable bonds is 5. The first-order chi connectivity index (χ1) is 13.9. The topological polar surface area (TPSA) is 72.0 Å². The van der Waals surface area contributed by atoms with E-state index in [4.69, 9.17) is 0 Å². The smallest absolute Gasteiger partial charge is 0.262 e. The lowest BCUT2D eigenvalue weighted by Crippen LogP contribution is -2.14. The molecule has 146 valence electrons. The Morgan fingerprint density at radius 1 is 0.966 bits per heavy atom. The maximum atomic E-state index is 12.8. The Kier molecular flexibility index (Phi) is 5.17. The van der Waals surface area contributed by atoms with Crippen LogP contribution in [0, 0.1) is 13.8 Å². The second kappa shape index (κ2) is 7.77. The standard InChI is InChI=1S/C22H19N3O2S2/c1-15-8-9-21(16(2)11-15)29(26,27)25-19-7-3-5-17(12-19)20-14-28-22(24-20)18-6-4-10-23-13-18/h3-14,25H,1-2H3. The van der Waals surface area contributed by atoms with E-state index in [2.05, 4.69) is 14.7 Å². The number of hydrogen-bond acceptors (Lipinski definition) is 5.